The number of furan rings is 1. The van der Waals surface area contributed by atoms with Crippen LogP contribution in [0.15, 0.2) is 34.7 Å². The number of carboxylic acid groups (broad SMARTS) is 1. The van der Waals surface area contributed by atoms with Gasteiger partial charge in [0, 0.05) is 24.5 Å². The van der Waals surface area contributed by atoms with Crippen molar-refractivity contribution in [3.05, 3.63) is 36.1 Å². The Kier molecular flexibility index (Phi) is 4.91. The quantitative estimate of drug-likeness (QED) is 0.870. The van der Waals surface area contributed by atoms with Gasteiger partial charge < -0.3 is 19.6 Å². The van der Waals surface area contributed by atoms with Gasteiger partial charge in [-0.05, 0) is 39.3 Å². The van der Waals surface area contributed by atoms with E-state index in [1.165, 1.54) is 0 Å². The molecule has 1 aliphatic rings. The zero-order valence-corrected chi connectivity index (χ0v) is 15.2. The molecule has 0 radical (unpaired) electrons. The lowest BCUT2D eigenvalue weighted by atomic mass is 10.1. The van der Waals surface area contributed by atoms with Crippen molar-refractivity contribution >= 4 is 23.0 Å². The van der Waals surface area contributed by atoms with E-state index in [-0.39, 0.29) is 6.04 Å². The number of fused-ring (bicyclic) bond motifs is 1. The van der Waals surface area contributed by atoms with Crippen molar-refractivity contribution in [2.45, 2.75) is 44.9 Å². The van der Waals surface area contributed by atoms with Crippen LogP contribution in [0.3, 0.4) is 0 Å². The fourth-order valence-corrected chi connectivity index (χ4v) is 3.21. The van der Waals surface area contributed by atoms with Crippen LogP contribution in [0, 0.1) is 0 Å². The number of nitrogens with zero attached hydrogens (tertiary/aromatic N) is 1. The van der Waals surface area contributed by atoms with Gasteiger partial charge in [0.15, 0.2) is 6.04 Å². The predicted molar refractivity (Wildman–Crippen MR) is 95.9 cm³/mol. The third-order valence-electron chi connectivity index (χ3n) is 4.25. The lowest BCUT2D eigenvalue weighted by molar-refractivity contribution is -0.143. The number of nitrogens with one attached hydrogen (secondary N) is 1. The van der Waals surface area contributed by atoms with E-state index < -0.39 is 23.7 Å². The second kappa shape index (κ2) is 6.99. The maximum atomic E-state index is 11.9. The summed E-state index contributed by atoms with van der Waals surface area (Å²) in [5.41, 5.74) is 0.0941. The predicted octanol–water partition coefficient (Wildman–Crippen LogP) is 3.16. The Balaban J connectivity index is 1.70. The lowest BCUT2D eigenvalue weighted by Crippen LogP contribution is -2.41. The zero-order chi connectivity index (χ0) is 18.9. The molecule has 1 aromatic heterocycles. The van der Waals surface area contributed by atoms with E-state index in [9.17, 15) is 14.7 Å². The summed E-state index contributed by atoms with van der Waals surface area (Å²) < 4.78 is 11.0. The molecule has 26 heavy (non-hydrogen) atoms. The van der Waals surface area contributed by atoms with Gasteiger partial charge in [0.05, 0.1) is 0 Å². The van der Waals surface area contributed by atoms with Crippen LogP contribution < -0.4 is 5.32 Å². The first-order valence-electron chi connectivity index (χ1n) is 8.68. The molecule has 140 valence electrons. The second-order valence-corrected chi connectivity index (χ2v) is 7.55. The van der Waals surface area contributed by atoms with Gasteiger partial charge in [0.25, 0.3) is 0 Å². The molecule has 3 rings (SSSR count). The van der Waals surface area contributed by atoms with Crippen LogP contribution in [0.25, 0.3) is 11.0 Å². The highest BCUT2D eigenvalue weighted by molar-refractivity contribution is 5.81. The van der Waals surface area contributed by atoms with E-state index in [0.717, 1.165) is 5.39 Å². The fourth-order valence-electron chi connectivity index (χ4n) is 3.21. The Labute approximate surface area is 151 Å². The number of amides is 1. The molecule has 2 N–H and O–H groups in total. The first-order valence-corrected chi connectivity index (χ1v) is 8.68. The van der Waals surface area contributed by atoms with Gasteiger partial charge in [-0.15, -0.1) is 0 Å². The lowest BCUT2D eigenvalue weighted by Gasteiger charge is -2.24. The molecular formula is C19H24N2O5. The topological polar surface area (TPSA) is 92.0 Å². The maximum Gasteiger partial charge on any atom is 0.407 e. The Bertz CT molecular complexity index is 775. The number of hydrogen-bond acceptors (Lipinski definition) is 5. The number of hydrogen-bond donors (Lipinski definition) is 2. The van der Waals surface area contributed by atoms with Gasteiger partial charge >= 0.3 is 12.1 Å². The molecule has 2 aromatic rings. The Morgan fingerprint density at radius 3 is 2.73 bits per heavy atom. The van der Waals surface area contributed by atoms with Gasteiger partial charge in [-0.1, -0.05) is 18.2 Å². The number of aliphatic carboxylic acids is 1. The molecule has 0 saturated carbocycles. The largest absolute Gasteiger partial charge is 0.480 e. The van der Waals surface area contributed by atoms with Crippen molar-refractivity contribution in [2.75, 3.05) is 13.1 Å². The number of likely N-dealkylation sites (tertiary alicyclic amines) is 1. The number of carboxylic acids is 1. The van der Waals surface area contributed by atoms with E-state index in [0.29, 0.717) is 30.9 Å². The summed E-state index contributed by atoms with van der Waals surface area (Å²) in [5.74, 6) is -0.571. The summed E-state index contributed by atoms with van der Waals surface area (Å²) in [5, 5.41) is 13.4. The van der Waals surface area contributed by atoms with Crippen molar-refractivity contribution in [2.24, 2.45) is 0 Å². The molecule has 1 aromatic carbocycles. The summed E-state index contributed by atoms with van der Waals surface area (Å²) in [4.78, 5) is 25.6. The molecule has 0 spiro atoms. The van der Waals surface area contributed by atoms with Crippen molar-refractivity contribution in [3.63, 3.8) is 0 Å². The highest BCUT2D eigenvalue weighted by atomic mass is 16.6. The molecule has 7 nitrogen and oxygen atoms in total. The van der Waals surface area contributed by atoms with E-state index >= 15 is 0 Å². The van der Waals surface area contributed by atoms with Crippen molar-refractivity contribution in [1.82, 2.24) is 10.2 Å². The summed E-state index contributed by atoms with van der Waals surface area (Å²) in [6.07, 6.45) is 0.170. The zero-order valence-electron chi connectivity index (χ0n) is 15.2. The number of benzene rings is 1. The summed E-state index contributed by atoms with van der Waals surface area (Å²) in [6.45, 7) is 6.38. The van der Waals surface area contributed by atoms with Crippen LogP contribution in [-0.2, 0) is 9.53 Å². The van der Waals surface area contributed by atoms with Gasteiger partial charge in [0.2, 0.25) is 0 Å². The monoisotopic (exact) mass is 360 g/mol. The third kappa shape index (κ3) is 4.16. The SMILES string of the molecule is CC(C)(C)OC(=O)N[C@H]1CCN([C@@H](C(=O)O)c2cc3ccccc3o2)C1. The Hall–Kier alpha value is -2.54. The van der Waals surface area contributed by atoms with Crippen LogP contribution in [0.1, 0.15) is 39.0 Å². The fraction of sp³-hybridized carbons (Fsp3) is 0.474. The molecule has 0 unspecified atom stereocenters. The normalized spacial score (nSPS) is 19.4. The molecule has 2 atom stereocenters. The minimum atomic E-state index is -0.970. The molecule has 1 aliphatic heterocycles. The average molecular weight is 360 g/mol. The van der Waals surface area contributed by atoms with Crippen molar-refractivity contribution < 1.29 is 23.8 Å². The van der Waals surface area contributed by atoms with Gasteiger partial charge in [0.1, 0.15) is 16.9 Å². The summed E-state index contributed by atoms with van der Waals surface area (Å²) >= 11 is 0. The maximum absolute atomic E-state index is 11.9. The van der Waals surface area contributed by atoms with Crippen LogP contribution in [0.2, 0.25) is 0 Å². The van der Waals surface area contributed by atoms with E-state index in [1.54, 1.807) is 26.8 Å². The molecule has 2 heterocycles. The first kappa shape index (κ1) is 18.3. The molecule has 1 fully saturated rings. The van der Waals surface area contributed by atoms with E-state index in [2.05, 4.69) is 5.32 Å². The average Bonchev–Trinajstić information content (AvgIpc) is 3.12. The van der Waals surface area contributed by atoms with Gasteiger partial charge in [-0.2, -0.15) is 0 Å². The Morgan fingerprint density at radius 2 is 2.08 bits per heavy atom. The number of para-hydroxylation sites is 1. The van der Waals surface area contributed by atoms with Gasteiger partial charge in [-0.3, -0.25) is 9.69 Å². The smallest absolute Gasteiger partial charge is 0.407 e. The molecule has 1 amide bonds. The minimum Gasteiger partial charge on any atom is -0.480 e. The van der Waals surface area contributed by atoms with Crippen molar-refractivity contribution in [1.29, 1.82) is 0 Å². The number of rotatable bonds is 4. The molecule has 1 saturated heterocycles. The number of alkyl carbamates (subject to hydrolysis) is 1. The number of carbonyl (C=O) groups is 2. The van der Waals surface area contributed by atoms with Gasteiger partial charge in [-0.25, -0.2) is 4.79 Å². The Morgan fingerprint density at radius 1 is 1.35 bits per heavy atom. The number of carbonyl (C=O) groups excluding carboxylic acids is 1. The van der Waals surface area contributed by atoms with Crippen LogP contribution >= 0.6 is 0 Å². The van der Waals surface area contributed by atoms with E-state index in [4.69, 9.17) is 9.15 Å². The van der Waals surface area contributed by atoms with Crippen LogP contribution in [0.5, 0.6) is 0 Å². The van der Waals surface area contributed by atoms with Crippen molar-refractivity contribution in [3.8, 4) is 0 Å². The number of ether oxygens (including phenoxy) is 1. The molecule has 0 aliphatic carbocycles. The summed E-state index contributed by atoms with van der Waals surface area (Å²) in [7, 11) is 0. The highest BCUT2D eigenvalue weighted by Gasteiger charge is 2.36. The standard InChI is InChI=1S/C19H24N2O5/c1-19(2,3)26-18(24)20-13-8-9-21(11-13)16(17(22)23)15-10-12-6-4-5-7-14(12)25-15/h4-7,10,13,16H,8-9,11H2,1-3H3,(H,20,24)(H,22,23)/t13-,16+/m0/s1. The highest BCUT2D eigenvalue weighted by Crippen LogP contribution is 2.30. The second-order valence-electron chi connectivity index (χ2n) is 7.55. The third-order valence-corrected chi connectivity index (χ3v) is 4.25. The van der Waals surface area contributed by atoms with Crippen LogP contribution in [-0.4, -0.2) is 46.8 Å². The summed E-state index contributed by atoms with van der Waals surface area (Å²) in [6, 6.07) is 8.16. The molecule has 7 heteroatoms. The molecular weight excluding hydrogens is 336 g/mol. The molecule has 0 bridgehead atoms. The van der Waals surface area contributed by atoms with Crippen LogP contribution in [0.4, 0.5) is 4.79 Å². The first-order chi connectivity index (χ1) is 12.2. The van der Waals surface area contributed by atoms with E-state index in [1.807, 2.05) is 29.2 Å². The minimum absolute atomic E-state index is 0.156.